The van der Waals surface area contributed by atoms with Crippen molar-refractivity contribution >= 4 is 11.9 Å². The third-order valence-corrected chi connectivity index (χ3v) is 3.83. The van der Waals surface area contributed by atoms with Gasteiger partial charge >= 0.3 is 5.97 Å². The summed E-state index contributed by atoms with van der Waals surface area (Å²) >= 11 is 0. The SMILES string of the molecule is CCCCCCCC[C@H](NC(=O)c1cccc(F)c1F)C(=O)OC. The smallest absolute Gasteiger partial charge is 0.328 e. The summed E-state index contributed by atoms with van der Waals surface area (Å²) in [6.45, 7) is 2.13. The maximum absolute atomic E-state index is 13.7. The van der Waals surface area contributed by atoms with Gasteiger partial charge in [-0.05, 0) is 18.6 Å². The van der Waals surface area contributed by atoms with Crippen molar-refractivity contribution in [1.82, 2.24) is 5.32 Å². The average molecular weight is 341 g/mol. The van der Waals surface area contributed by atoms with Crippen LogP contribution >= 0.6 is 0 Å². The number of methoxy groups -OCH3 is 1. The molecule has 1 rings (SSSR count). The number of nitrogens with one attached hydrogen (secondary N) is 1. The zero-order valence-corrected chi connectivity index (χ0v) is 14.2. The van der Waals surface area contributed by atoms with Crippen molar-refractivity contribution in [2.45, 2.75) is 57.9 Å². The summed E-state index contributed by atoms with van der Waals surface area (Å²) in [7, 11) is 1.23. The van der Waals surface area contributed by atoms with Crippen LogP contribution in [0.15, 0.2) is 18.2 Å². The van der Waals surface area contributed by atoms with E-state index < -0.39 is 35.1 Å². The lowest BCUT2D eigenvalue weighted by Gasteiger charge is -2.16. The number of amides is 1. The van der Waals surface area contributed by atoms with Crippen molar-refractivity contribution in [3.63, 3.8) is 0 Å². The molecule has 0 saturated heterocycles. The molecule has 1 aromatic carbocycles. The Morgan fingerprint density at radius 3 is 2.46 bits per heavy atom. The number of esters is 1. The predicted molar refractivity (Wildman–Crippen MR) is 87.6 cm³/mol. The van der Waals surface area contributed by atoms with Gasteiger partial charge in [0.05, 0.1) is 12.7 Å². The highest BCUT2D eigenvalue weighted by Gasteiger charge is 2.23. The Hall–Kier alpha value is -1.98. The van der Waals surface area contributed by atoms with Gasteiger partial charge in [-0.25, -0.2) is 13.6 Å². The van der Waals surface area contributed by atoms with Crippen LogP contribution in [0, 0.1) is 11.6 Å². The van der Waals surface area contributed by atoms with Crippen LogP contribution in [0.3, 0.4) is 0 Å². The van der Waals surface area contributed by atoms with Crippen LogP contribution in [0.2, 0.25) is 0 Å². The lowest BCUT2D eigenvalue weighted by molar-refractivity contribution is -0.143. The Balaban J connectivity index is 2.60. The number of benzene rings is 1. The van der Waals surface area contributed by atoms with Gasteiger partial charge in [-0.15, -0.1) is 0 Å². The molecule has 0 spiro atoms. The van der Waals surface area contributed by atoms with Crippen molar-refractivity contribution in [3.8, 4) is 0 Å². The van der Waals surface area contributed by atoms with Gasteiger partial charge in [-0.2, -0.15) is 0 Å². The molecule has 0 aliphatic rings. The molecule has 0 heterocycles. The van der Waals surface area contributed by atoms with Gasteiger partial charge in [-0.3, -0.25) is 4.79 Å². The van der Waals surface area contributed by atoms with Crippen LogP contribution in [0.1, 0.15) is 62.2 Å². The first-order chi connectivity index (χ1) is 11.5. The van der Waals surface area contributed by atoms with Crippen LogP contribution in [0.5, 0.6) is 0 Å². The first-order valence-electron chi connectivity index (χ1n) is 8.34. The molecule has 0 saturated carbocycles. The quantitative estimate of drug-likeness (QED) is 0.517. The van der Waals surface area contributed by atoms with E-state index in [1.54, 1.807) is 0 Å². The topological polar surface area (TPSA) is 55.4 Å². The maximum atomic E-state index is 13.7. The van der Waals surface area contributed by atoms with Crippen LogP contribution in [-0.2, 0) is 9.53 Å². The van der Waals surface area contributed by atoms with Crippen LogP contribution in [0.4, 0.5) is 8.78 Å². The van der Waals surface area contributed by atoms with Gasteiger partial charge in [0, 0.05) is 0 Å². The zero-order chi connectivity index (χ0) is 17.9. The highest BCUT2D eigenvalue weighted by atomic mass is 19.2. The third-order valence-electron chi connectivity index (χ3n) is 3.83. The van der Waals surface area contributed by atoms with E-state index in [4.69, 9.17) is 0 Å². The first-order valence-corrected chi connectivity index (χ1v) is 8.34. The average Bonchev–Trinajstić information content (AvgIpc) is 2.58. The molecular formula is C18H25F2NO3. The molecule has 134 valence electrons. The van der Waals surface area contributed by atoms with E-state index in [9.17, 15) is 18.4 Å². The normalized spacial score (nSPS) is 11.8. The van der Waals surface area contributed by atoms with Crippen molar-refractivity contribution in [2.24, 2.45) is 0 Å². The van der Waals surface area contributed by atoms with E-state index in [1.807, 2.05) is 0 Å². The summed E-state index contributed by atoms with van der Waals surface area (Å²) in [5, 5.41) is 2.43. The zero-order valence-electron chi connectivity index (χ0n) is 14.2. The summed E-state index contributed by atoms with van der Waals surface area (Å²) in [4.78, 5) is 23.9. The summed E-state index contributed by atoms with van der Waals surface area (Å²) in [5.41, 5.74) is -0.424. The standard InChI is InChI=1S/C18H25F2NO3/c1-3-4-5-6-7-8-12-15(18(23)24-2)21-17(22)13-10-9-11-14(19)16(13)20/h9-11,15H,3-8,12H2,1-2H3,(H,21,22)/t15-/m0/s1. The van der Waals surface area contributed by atoms with Gasteiger partial charge in [0.1, 0.15) is 6.04 Å². The molecule has 1 atom stereocenters. The van der Waals surface area contributed by atoms with E-state index in [0.29, 0.717) is 6.42 Å². The van der Waals surface area contributed by atoms with E-state index >= 15 is 0 Å². The Morgan fingerprint density at radius 2 is 1.79 bits per heavy atom. The molecular weight excluding hydrogens is 316 g/mol. The second kappa shape index (κ2) is 10.7. The number of hydrogen-bond acceptors (Lipinski definition) is 3. The molecule has 0 radical (unpaired) electrons. The van der Waals surface area contributed by atoms with Crippen molar-refractivity contribution in [1.29, 1.82) is 0 Å². The molecule has 6 heteroatoms. The molecule has 0 fully saturated rings. The molecule has 4 nitrogen and oxygen atoms in total. The van der Waals surface area contributed by atoms with Gasteiger partial charge in [0.15, 0.2) is 11.6 Å². The highest BCUT2D eigenvalue weighted by Crippen LogP contribution is 2.13. The fraction of sp³-hybridized carbons (Fsp3) is 0.556. The van der Waals surface area contributed by atoms with Crippen LogP contribution in [0.25, 0.3) is 0 Å². The Morgan fingerprint density at radius 1 is 1.12 bits per heavy atom. The number of ether oxygens (including phenoxy) is 1. The number of rotatable bonds is 10. The number of unbranched alkanes of at least 4 members (excludes halogenated alkanes) is 5. The first kappa shape index (κ1) is 20.1. The predicted octanol–water partition coefficient (Wildman–Crippen LogP) is 3.99. The lowest BCUT2D eigenvalue weighted by atomic mass is 10.0. The van der Waals surface area contributed by atoms with E-state index in [0.717, 1.165) is 38.2 Å². The third kappa shape index (κ3) is 6.26. The molecule has 1 aromatic rings. The summed E-state index contributed by atoms with van der Waals surface area (Å²) < 4.78 is 31.5. The highest BCUT2D eigenvalue weighted by molar-refractivity contribution is 5.97. The minimum absolute atomic E-state index is 0.404. The molecule has 0 aromatic heterocycles. The molecule has 24 heavy (non-hydrogen) atoms. The van der Waals surface area contributed by atoms with Crippen molar-refractivity contribution < 1.29 is 23.1 Å². The molecule has 0 aliphatic carbocycles. The molecule has 1 amide bonds. The summed E-state index contributed by atoms with van der Waals surface area (Å²) in [5.74, 6) is -3.74. The van der Waals surface area contributed by atoms with Crippen LogP contribution in [-0.4, -0.2) is 25.0 Å². The Bertz CT molecular complexity index is 549. The lowest BCUT2D eigenvalue weighted by Crippen LogP contribution is -2.41. The minimum atomic E-state index is -1.22. The van der Waals surface area contributed by atoms with E-state index in [1.165, 1.54) is 25.7 Å². The fourth-order valence-corrected chi connectivity index (χ4v) is 2.44. The second-order valence-corrected chi connectivity index (χ2v) is 5.71. The number of carbonyl (C=O) groups is 2. The van der Waals surface area contributed by atoms with Gasteiger partial charge in [0.2, 0.25) is 0 Å². The largest absolute Gasteiger partial charge is 0.467 e. The number of hydrogen-bond donors (Lipinski definition) is 1. The van der Waals surface area contributed by atoms with Gasteiger partial charge in [0.25, 0.3) is 5.91 Å². The van der Waals surface area contributed by atoms with Crippen molar-refractivity contribution in [2.75, 3.05) is 7.11 Å². The van der Waals surface area contributed by atoms with Gasteiger partial charge in [-0.1, -0.05) is 51.5 Å². The maximum Gasteiger partial charge on any atom is 0.328 e. The Labute approximate surface area is 141 Å². The monoisotopic (exact) mass is 341 g/mol. The number of carbonyl (C=O) groups excluding carboxylic acids is 2. The molecule has 0 aliphatic heterocycles. The van der Waals surface area contributed by atoms with E-state index in [-0.39, 0.29) is 0 Å². The van der Waals surface area contributed by atoms with E-state index in [2.05, 4.69) is 17.0 Å². The van der Waals surface area contributed by atoms with Crippen molar-refractivity contribution in [3.05, 3.63) is 35.4 Å². The second-order valence-electron chi connectivity index (χ2n) is 5.71. The summed E-state index contributed by atoms with van der Waals surface area (Å²) in [6, 6.07) is 2.48. The summed E-state index contributed by atoms with van der Waals surface area (Å²) in [6.07, 6.45) is 6.62. The van der Waals surface area contributed by atoms with Crippen LogP contribution < -0.4 is 5.32 Å². The minimum Gasteiger partial charge on any atom is -0.467 e. The number of halogens is 2. The Kier molecular flexibility index (Phi) is 8.97. The fourth-order valence-electron chi connectivity index (χ4n) is 2.44. The molecule has 0 bridgehead atoms. The molecule has 1 N–H and O–H groups in total. The van der Waals surface area contributed by atoms with Gasteiger partial charge < -0.3 is 10.1 Å². The molecule has 0 unspecified atom stereocenters.